The molecular weight excluding hydrogens is 192 g/mol. The fraction of sp³-hybridized carbons (Fsp3) is 0. The van der Waals surface area contributed by atoms with Crippen LogP contribution in [0.2, 0.25) is 5.02 Å². The van der Waals surface area contributed by atoms with Gasteiger partial charge in [0.15, 0.2) is 0 Å². The van der Waals surface area contributed by atoms with Crippen LogP contribution in [-0.2, 0) is 0 Å². The molecule has 66 valence electrons. The van der Waals surface area contributed by atoms with Crippen molar-refractivity contribution >= 4 is 23.1 Å². The molecule has 0 saturated carbocycles. The standard InChI is InChI=1S/C8H5ClN2O2/c9-7-5(8(12)13)4-10-11-3-1-2-6(7)11/h1-4H,(H,12,13). The molecule has 13 heavy (non-hydrogen) atoms. The number of aromatic nitrogens is 2. The van der Waals surface area contributed by atoms with Crippen LogP contribution in [-0.4, -0.2) is 20.7 Å². The van der Waals surface area contributed by atoms with Gasteiger partial charge in [-0.3, -0.25) is 0 Å². The summed E-state index contributed by atoms with van der Waals surface area (Å²) in [6.07, 6.45) is 2.94. The van der Waals surface area contributed by atoms with E-state index in [1.54, 1.807) is 18.3 Å². The summed E-state index contributed by atoms with van der Waals surface area (Å²) in [6.45, 7) is 0. The summed E-state index contributed by atoms with van der Waals surface area (Å²) < 4.78 is 1.52. The van der Waals surface area contributed by atoms with Gasteiger partial charge >= 0.3 is 5.97 Å². The SMILES string of the molecule is O=C(O)c1cnn2cccc2c1Cl. The van der Waals surface area contributed by atoms with E-state index < -0.39 is 5.97 Å². The van der Waals surface area contributed by atoms with Gasteiger partial charge in [0.25, 0.3) is 0 Å². The van der Waals surface area contributed by atoms with Gasteiger partial charge in [-0.05, 0) is 12.1 Å². The first-order valence-electron chi connectivity index (χ1n) is 3.55. The van der Waals surface area contributed by atoms with Crippen LogP contribution < -0.4 is 0 Å². The molecule has 0 aliphatic rings. The van der Waals surface area contributed by atoms with Crippen molar-refractivity contribution in [1.82, 2.24) is 9.61 Å². The molecule has 0 saturated heterocycles. The zero-order valence-corrected chi connectivity index (χ0v) is 7.19. The number of carboxylic acids is 1. The van der Waals surface area contributed by atoms with Gasteiger partial charge in [-0.15, -0.1) is 0 Å². The Morgan fingerprint density at radius 2 is 2.38 bits per heavy atom. The molecule has 0 fully saturated rings. The minimum absolute atomic E-state index is 0.0212. The van der Waals surface area contributed by atoms with Crippen LogP contribution in [0.3, 0.4) is 0 Å². The maximum Gasteiger partial charge on any atom is 0.338 e. The number of carboxylic acid groups (broad SMARTS) is 1. The fourth-order valence-corrected chi connectivity index (χ4v) is 1.39. The molecule has 2 aromatic rings. The van der Waals surface area contributed by atoms with Crippen molar-refractivity contribution in [3.63, 3.8) is 0 Å². The van der Waals surface area contributed by atoms with Crippen molar-refractivity contribution in [3.05, 3.63) is 35.1 Å². The molecule has 0 aliphatic heterocycles. The van der Waals surface area contributed by atoms with E-state index in [1.807, 2.05) is 0 Å². The normalized spacial score (nSPS) is 10.5. The Labute approximate surface area is 78.4 Å². The monoisotopic (exact) mass is 196 g/mol. The van der Waals surface area contributed by atoms with Gasteiger partial charge in [0.2, 0.25) is 0 Å². The van der Waals surface area contributed by atoms with Gasteiger partial charge in [0, 0.05) is 6.20 Å². The molecule has 0 radical (unpaired) electrons. The third kappa shape index (κ3) is 1.15. The summed E-state index contributed by atoms with van der Waals surface area (Å²) >= 11 is 5.84. The summed E-state index contributed by atoms with van der Waals surface area (Å²) in [4.78, 5) is 10.7. The van der Waals surface area contributed by atoms with Crippen molar-refractivity contribution in [2.45, 2.75) is 0 Å². The number of fused-ring (bicyclic) bond motifs is 1. The number of carbonyl (C=O) groups is 1. The van der Waals surface area contributed by atoms with Gasteiger partial charge in [-0.25, -0.2) is 9.31 Å². The number of hydrogen-bond acceptors (Lipinski definition) is 2. The molecule has 0 unspecified atom stereocenters. The molecule has 2 heterocycles. The number of hydrogen-bond donors (Lipinski definition) is 1. The van der Waals surface area contributed by atoms with Gasteiger partial charge in [0.1, 0.15) is 5.56 Å². The van der Waals surface area contributed by atoms with E-state index >= 15 is 0 Å². The Morgan fingerprint density at radius 1 is 1.62 bits per heavy atom. The highest BCUT2D eigenvalue weighted by Gasteiger charge is 2.11. The van der Waals surface area contributed by atoms with Crippen molar-refractivity contribution in [3.8, 4) is 0 Å². The molecule has 0 bridgehead atoms. The van der Waals surface area contributed by atoms with Crippen LogP contribution in [0.5, 0.6) is 0 Å². The van der Waals surface area contributed by atoms with Gasteiger partial charge in [0.05, 0.1) is 16.7 Å². The fourth-order valence-electron chi connectivity index (χ4n) is 1.11. The van der Waals surface area contributed by atoms with Crippen molar-refractivity contribution in [2.24, 2.45) is 0 Å². The van der Waals surface area contributed by atoms with Crippen LogP contribution in [0.1, 0.15) is 10.4 Å². The zero-order chi connectivity index (χ0) is 9.42. The van der Waals surface area contributed by atoms with Crippen LogP contribution in [0.15, 0.2) is 24.5 Å². The Balaban J connectivity index is 2.80. The molecule has 2 aromatic heterocycles. The summed E-state index contributed by atoms with van der Waals surface area (Å²) in [5, 5.41) is 12.8. The van der Waals surface area contributed by atoms with Gasteiger partial charge in [-0.1, -0.05) is 11.6 Å². The third-order valence-electron chi connectivity index (χ3n) is 1.73. The molecule has 1 N–H and O–H groups in total. The quantitative estimate of drug-likeness (QED) is 0.755. The van der Waals surface area contributed by atoms with Gasteiger partial charge < -0.3 is 5.11 Å². The van der Waals surface area contributed by atoms with E-state index in [1.165, 1.54) is 10.7 Å². The topological polar surface area (TPSA) is 54.6 Å². The van der Waals surface area contributed by atoms with Crippen LogP contribution in [0.25, 0.3) is 5.52 Å². The molecule has 0 amide bonds. The van der Waals surface area contributed by atoms with E-state index in [2.05, 4.69) is 5.10 Å². The van der Waals surface area contributed by atoms with E-state index in [0.29, 0.717) is 5.52 Å². The second-order valence-corrected chi connectivity index (χ2v) is 2.89. The number of nitrogens with zero attached hydrogens (tertiary/aromatic N) is 2. The summed E-state index contributed by atoms with van der Waals surface area (Å²) in [7, 11) is 0. The molecule has 2 rings (SSSR count). The highest BCUT2D eigenvalue weighted by atomic mass is 35.5. The molecular formula is C8H5ClN2O2. The molecule has 0 aromatic carbocycles. The first-order valence-corrected chi connectivity index (χ1v) is 3.93. The minimum atomic E-state index is -1.07. The number of halogens is 1. The van der Waals surface area contributed by atoms with Gasteiger partial charge in [-0.2, -0.15) is 5.10 Å². The molecule has 0 spiro atoms. The predicted molar refractivity (Wildman–Crippen MR) is 47.2 cm³/mol. The van der Waals surface area contributed by atoms with Crippen molar-refractivity contribution < 1.29 is 9.90 Å². The van der Waals surface area contributed by atoms with E-state index in [0.717, 1.165) is 0 Å². The summed E-state index contributed by atoms with van der Waals surface area (Å²) in [5.41, 5.74) is 0.620. The van der Waals surface area contributed by atoms with E-state index in [-0.39, 0.29) is 10.6 Å². The summed E-state index contributed by atoms with van der Waals surface area (Å²) in [6, 6.07) is 3.46. The van der Waals surface area contributed by atoms with Crippen LogP contribution >= 0.6 is 11.6 Å². The lowest BCUT2D eigenvalue weighted by Gasteiger charge is -1.99. The third-order valence-corrected chi connectivity index (χ3v) is 2.13. The zero-order valence-electron chi connectivity index (χ0n) is 6.44. The smallest absolute Gasteiger partial charge is 0.338 e. The second kappa shape index (κ2) is 2.74. The minimum Gasteiger partial charge on any atom is -0.478 e. The van der Waals surface area contributed by atoms with E-state index in [9.17, 15) is 4.79 Å². The largest absolute Gasteiger partial charge is 0.478 e. The molecule has 4 nitrogen and oxygen atoms in total. The van der Waals surface area contributed by atoms with Crippen molar-refractivity contribution in [1.29, 1.82) is 0 Å². The van der Waals surface area contributed by atoms with Crippen LogP contribution in [0, 0.1) is 0 Å². The van der Waals surface area contributed by atoms with Crippen LogP contribution in [0.4, 0.5) is 0 Å². The second-order valence-electron chi connectivity index (χ2n) is 2.52. The highest BCUT2D eigenvalue weighted by Crippen LogP contribution is 2.20. The lowest BCUT2D eigenvalue weighted by molar-refractivity contribution is 0.0696. The highest BCUT2D eigenvalue weighted by molar-refractivity contribution is 6.36. The molecule has 5 heteroatoms. The average Bonchev–Trinajstić information content (AvgIpc) is 2.52. The maximum absolute atomic E-state index is 10.7. The Morgan fingerprint density at radius 3 is 3.08 bits per heavy atom. The van der Waals surface area contributed by atoms with E-state index in [4.69, 9.17) is 16.7 Å². The maximum atomic E-state index is 10.7. The summed E-state index contributed by atoms with van der Waals surface area (Å²) in [5.74, 6) is -1.07. The lowest BCUT2D eigenvalue weighted by atomic mass is 10.3. The first kappa shape index (κ1) is 8.07. The number of rotatable bonds is 1. The average molecular weight is 197 g/mol. The molecule has 0 aliphatic carbocycles. The first-order chi connectivity index (χ1) is 6.20. The van der Waals surface area contributed by atoms with Crippen molar-refractivity contribution in [2.75, 3.05) is 0 Å². The predicted octanol–water partition coefficient (Wildman–Crippen LogP) is 1.69. The Hall–Kier alpha value is -1.55. The number of aromatic carboxylic acids is 1. The Kier molecular flexibility index (Phi) is 1.70. The lowest BCUT2D eigenvalue weighted by Crippen LogP contribution is -2.01. The molecule has 0 atom stereocenters. The Bertz CT molecular complexity index is 478.